The normalized spacial score (nSPS) is 31.5. The molecule has 2 fully saturated rings. The van der Waals surface area contributed by atoms with Crippen LogP contribution < -0.4 is 0 Å². The number of aliphatic hydroxyl groups is 1. The molecule has 0 unspecified atom stereocenters. The van der Waals surface area contributed by atoms with Crippen molar-refractivity contribution in [2.24, 2.45) is 11.8 Å². The van der Waals surface area contributed by atoms with Crippen molar-refractivity contribution in [1.29, 1.82) is 0 Å². The van der Waals surface area contributed by atoms with E-state index in [1.807, 2.05) is 4.90 Å². The maximum absolute atomic E-state index is 12.5. The Morgan fingerprint density at radius 3 is 2.81 bits per heavy atom. The fourth-order valence-corrected chi connectivity index (χ4v) is 4.05. The molecule has 3 atom stereocenters. The van der Waals surface area contributed by atoms with Gasteiger partial charge in [-0.1, -0.05) is 24.3 Å². The van der Waals surface area contributed by atoms with Gasteiger partial charge in [-0.15, -0.1) is 0 Å². The van der Waals surface area contributed by atoms with E-state index in [-0.39, 0.29) is 12.0 Å². The zero-order chi connectivity index (χ0) is 14.4. The maximum Gasteiger partial charge on any atom is 0.236 e. The minimum atomic E-state index is -0.172. The molecule has 1 saturated carbocycles. The first-order valence-electron chi connectivity index (χ1n) is 7.95. The molecule has 4 nitrogen and oxygen atoms in total. The van der Waals surface area contributed by atoms with Gasteiger partial charge < -0.3 is 10.0 Å². The Labute approximate surface area is 125 Å². The highest BCUT2D eigenvalue weighted by Gasteiger charge is 2.47. The average Bonchev–Trinajstić information content (AvgIpc) is 2.84. The summed E-state index contributed by atoms with van der Waals surface area (Å²) in [6, 6.07) is 8.52. The Morgan fingerprint density at radius 2 is 2.05 bits per heavy atom. The van der Waals surface area contributed by atoms with Gasteiger partial charge in [0, 0.05) is 32.1 Å². The van der Waals surface area contributed by atoms with Crippen molar-refractivity contribution in [3.8, 4) is 0 Å². The van der Waals surface area contributed by atoms with E-state index in [0.717, 1.165) is 39.0 Å². The third kappa shape index (κ3) is 2.36. The molecule has 21 heavy (non-hydrogen) atoms. The van der Waals surface area contributed by atoms with Crippen molar-refractivity contribution in [3.63, 3.8) is 0 Å². The molecule has 3 aliphatic rings. The van der Waals surface area contributed by atoms with Crippen LogP contribution in [0.1, 0.15) is 17.5 Å². The predicted molar refractivity (Wildman–Crippen MR) is 79.6 cm³/mol. The molecule has 4 heteroatoms. The molecule has 4 rings (SSSR count). The lowest BCUT2D eigenvalue weighted by Crippen LogP contribution is -2.41. The van der Waals surface area contributed by atoms with E-state index in [0.29, 0.717) is 18.4 Å². The van der Waals surface area contributed by atoms with E-state index in [1.54, 1.807) is 0 Å². The molecular weight excluding hydrogens is 264 g/mol. The van der Waals surface area contributed by atoms with Gasteiger partial charge in [0.2, 0.25) is 5.91 Å². The number of amides is 1. The molecule has 1 aromatic carbocycles. The summed E-state index contributed by atoms with van der Waals surface area (Å²) in [5, 5.41) is 9.70. The zero-order valence-corrected chi connectivity index (χ0v) is 12.2. The summed E-state index contributed by atoms with van der Waals surface area (Å²) < 4.78 is 0. The number of benzene rings is 1. The largest absolute Gasteiger partial charge is 0.393 e. The van der Waals surface area contributed by atoms with E-state index in [4.69, 9.17) is 0 Å². The molecule has 0 radical (unpaired) electrons. The van der Waals surface area contributed by atoms with Gasteiger partial charge in [-0.2, -0.15) is 0 Å². The highest BCUT2D eigenvalue weighted by molar-refractivity contribution is 5.78. The summed E-state index contributed by atoms with van der Waals surface area (Å²) >= 11 is 0. The third-order valence-corrected chi connectivity index (χ3v) is 5.45. The van der Waals surface area contributed by atoms with Crippen molar-refractivity contribution in [1.82, 2.24) is 9.80 Å². The minimum Gasteiger partial charge on any atom is -0.393 e. The second kappa shape index (κ2) is 5.11. The van der Waals surface area contributed by atoms with Gasteiger partial charge in [0.05, 0.1) is 12.6 Å². The maximum atomic E-state index is 12.5. The lowest BCUT2D eigenvalue weighted by Gasteiger charge is -2.34. The van der Waals surface area contributed by atoms with Crippen molar-refractivity contribution < 1.29 is 9.90 Å². The van der Waals surface area contributed by atoms with E-state index in [9.17, 15) is 9.90 Å². The van der Waals surface area contributed by atoms with Gasteiger partial charge in [0.1, 0.15) is 0 Å². The first-order chi connectivity index (χ1) is 10.2. The number of hydrogen-bond donors (Lipinski definition) is 1. The van der Waals surface area contributed by atoms with Crippen LogP contribution in [0.2, 0.25) is 0 Å². The Kier molecular flexibility index (Phi) is 3.23. The van der Waals surface area contributed by atoms with Gasteiger partial charge in [-0.3, -0.25) is 9.69 Å². The second-order valence-electron chi connectivity index (χ2n) is 6.76. The van der Waals surface area contributed by atoms with Crippen LogP contribution in [0.4, 0.5) is 0 Å². The van der Waals surface area contributed by atoms with Crippen molar-refractivity contribution in [3.05, 3.63) is 35.4 Å². The van der Waals surface area contributed by atoms with Crippen LogP contribution in [0.3, 0.4) is 0 Å². The van der Waals surface area contributed by atoms with E-state index < -0.39 is 0 Å². The van der Waals surface area contributed by atoms with Crippen LogP contribution in [0.5, 0.6) is 0 Å². The Morgan fingerprint density at radius 1 is 1.24 bits per heavy atom. The summed E-state index contributed by atoms with van der Waals surface area (Å²) in [7, 11) is 0. The summed E-state index contributed by atoms with van der Waals surface area (Å²) in [4.78, 5) is 16.7. The third-order valence-electron chi connectivity index (χ3n) is 5.45. The van der Waals surface area contributed by atoms with Crippen LogP contribution in [0.25, 0.3) is 0 Å². The Hall–Kier alpha value is -1.39. The number of rotatable bonds is 2. The summed E-state index contributed by atoms with van der Waals surface area (Å²) in [6.45, 7) is 3.97. The van der Waals surface area contributed by atoms with Crippen LogP contribution >= 0.6 is 0 Å². The first-order valence-corrected chi connectivity index (χ1v) is 7.95. The SMILES string of the molecule is O=C(CN1CCc2ccccc2C1)N1C[C@H]2C[C@H](O)[C@H]2C1. The topological polar surface area (TPSA) is 43.8 Å². The monoisotopic (exact) mass is 286 g/mol. The highest BCUT2D eigenvalue weighted by Crippen LogP contribution is 2.40. The molecule has 2 aliphatic heterocycles. The van der Waals surface area contributed by atoms with E-state index in [2.05, 4.69) is 29.2 Å². The summed E-state index contributed by atoms with van der Waals surface area (Å²) in [6.07, 6.45) is 1.74. The molecule has 1 N–H and O–H groups in total. The highest BCUT2D eigenvalue weighted by atomic mass is 16.3. The number of aliphatic hydroxyl groups excluding tert-OH is 1. The van der Waals surface area contributed by atoms with Crippen LogP contribution in [0.15, 0.2) is 24.3 Å². The second-order valence-corrected chi connectivity index (χ2v) is 6.76. The van der Waals surface area contributed by atoms with E-state index in [1.165, 1.54) is 11.1 Å². The van der Waals surface area contributed by atoms with Crippen molar-refractivity contribution >= 4 is 5.91 Å². The number of nitrogens with zero attached hydrogens (tertiary/aromatic N) is 2. The molecule has 1 aliphatic carbocycles. The molecule has 0 spiro atoms. The summed E-state index contributed by atoms with van der Waals surface area (Å²) in [5.41, 5.74) is 2.78. The van der Waals surface area contributed by atoms with E-state index >= 15 is 0 Å². The Balaban J connectivity index is 1.36. The molecule has 0 bridgehead atoms. The fraction of sp³-hybridized carbons (Fsp3) is 0.588. The fourth-order valence-electron chi connectivity index (χ4n) is 4.05. The molecule has 1 amide bonds. The van der Waals surface area contributed by atoms with Gasteiger partial charge >= 0.3 is 0 Å². The first kappa shape index (κ1) is 13.3. The molecule has 2 heterocycles. The lowest BCUT2D eigenvalue weighted by atomic mass is 9.74. The smallest absolute Gasteiger partial charge is 0.236 e. The molecular formula is C17H22N2O2. The van der Waals surface area contributed by atoms with Crippen molar-refractivity contribution in [2.45, 2.75) is 25.5 Å². The molecule has 1 saturated heterocycles. The molecule has 1 aromatic rings. The number of hydrogen-bond acceptors (Lipinski definition) is 3. The lowest BCUT2D eigenvalue weighted by molar-refractivity contribution is -0.131. The molecule has 112 valence electrons. The molecule has 0 aromatic heterocycles. The quantitative estimate of drug-likeness (QED) is 0.878. The van der Waals surface area contributed by atoms with Gasteiger partial charge in [0.15, 0.2) is 0 Å². The van der Waals surface area contributed by atoms with Gasteiger partial charge in [-0.25, -0.2) is 0 Å². The number of likely N-dealkylation sites (tertiary alicyclic amines) is 1. The summed E-state index contributed by atoms with van der Waals surface area (Å²) in [5.74, 6) is 1.12. The Bertz CT molecular complexity index is 559. The van der Waals surface area contributed by atoms with Crippen LogP contribution in [-0.2, 0) is 17.8 Å². The minimum absolute atomic E-state index is 0.172. The van der Waals surface area contributed by atoms with Crippen molar-refractivity contribution in [2.75, 3.05) is 26.2 Å². The number of carbonyl (C=O) groups excluding carboxylic acids is 1. The standard InChI is InChI=1S/C17H22N2O2/c20-16-7-14-9-19(10-15(14)16)17(21)11-18-6-5-12-3-1-2-4-13(12)8-18/h1-4,14-16,20H,5-11H2/t14-,15+,16+/m1/s1. The van der Waals surface area contributed by atoms with Gasteiger partial charge in [-0.05, 0) is 29.9 Å². The predicted octanol–water partition coefficient (Wildman–Crippen LogP) is 0.884. The average molecular weight is 286 g/mol. The van der Waals surface area contributed by atoms with Crippen LogP contribution in [-0.4, -0.2) is 53.1 Å². The van der Waals surface area contributed by atoms with Crippen LogP contribution in [0, 0.1) is 11.8 Å². The number of carbonyl (C=O) groups is 1. The van der Waals surface area contributed by atoms with Gasteiger partial charge in [0.25, 0.3) is 0 Å². The zero-order valence-electron chi connectivity index (χ0n) is 12.2. The number of fused-ring (bicyclic) bond motifs is 2.